The molecule has 25 heavy (non-hydrogen) atoms. The molecule has 0 fully saturated rings. The first kappa shape index (κ1) is 17.0. The van der Waals surface area contributed by atoms with Crippen molar-refractivity contribution in [1.29, 1.82) is 0 Å². The van der Waals surface area contributed by atoms with Gasteiger partial charge in [0, 0.05) is 11.4 Å². The van der Waals surface area contributed by atoms with Crippen LogP contribution in [-0.4, -0.2) is 9.97 Å². The molecule has 0 spiro atoms. The van der Waals surface area contributed by atoms with E-state index in [2.05, 4.69) is 39.7 Å². The molecule has 0 bridgehead atoms. The number of benzene rings is 2. The van der Waals surface area contributed by atoms with Crippen molar-refractivity contribution < 1.29 is 0 Å². The van der Waals surface area contributed by atoms with Crippen molar-refractivity contribution in [3.05, 3.63) is 64.2 Å². The third-order valence-corrected chi connectivity index (χ3v) is 4.20. The molecule has 0 aliphatic heterocycles. The van der Waals surface area contributed by atoms with Crippen LogP contribution < -0.4 is 16.4 Å². The lowest BCUT2D eigenvalue weighted by molar-refractivity contribution is 1.17. The standard InChI is InChI=1S/C19H20ClN5/c1-11-9-12(2)16(13(3)10-11)23-18-15(20)17(21)24-19(25-18)22-14-7-5-4-6-8-14/h4-10H,1-3H3,(H4,21,22,23,24,25). The average Bonchev–Trinajstić information content (AvgIpc) is 2.56. The molecule has 0 aliphatic rings. The highest BCUT2D eigenvalue weighted by atomic mass is 35.5. The Bertz CT molecular complexity index is 886. The number of halogens is 1. The summed E-state index contributed by atoms with van der Waals surface area (Å²) in [4.78, 5) is 8.70. The van der Waals surface area contributed by atoms with Crippen molar-refractivity contribution >= 4 is 40.6 Å². The van der Waals surface area contributed by atoms with Crippen LogP contribution in [-0.2, 0) is 0 Å². The fourth-order valence-corrected chi connectivity index (χ4v) is 2.88. The van der Waals surface area contributed by atoms with Crippen LogP contribution in [0.15, 0.2) is 42.5 Å². The summed E-state index contributed by atoms with van der Waals surface area (Å²) in [6.07, 6.45) is 0. The lowest BCUT2D eigenvalue weighted by Gasteiger charge is -2.16. The number of rotatable bonds is 4. The first-order valence-corrected chi connectivity index (χ1v) is 8.32. The van der Waals surface area contributed by atoms with Gasteiger partial charge in [0.25, 0.3) is 0 Å². The Morgan fingerprint density at radius 1 is 0.920 bits per heavy atom. The van der Waals surface area contributed by atoms with Gasteiger partial charge in [-0.3, -0.25) is 0 Å². The Hall–Kier alpha value is -2.79. The first-order chi connectivity index (χ1) is 11.9. The second-order valence-corrected chi connectivity index (χ2v) is 6.36. The lowest BCUT2D eigenvalue weighted by Crippen LogP contribution is -2.06. The number of para-hydroxylation sites is 1. The third-order valence-electron chi connectivity index (χ3n) is 3.83. The van der Waals surface area contributed by atoms with Crippen LogP contribution in [0, 0.1) is 20.8 Å². The molecular formula is C19H20ClN5. The molecule has 0 atom stereocenters. The molecule has 2 aromatic carbocycles. The highest BCUT2D eigenvalue weighted by molar-refractivity contribution is 6.35. The van der Waals surface area contributed by atoms with E-state index in [0.717, 1.165) is 22.5 Å². The Balaban J connectivity index is 1.96. The van der Waals surface area contributed by atoms with E-state index in [9.17, 15) is 0 Å². The van der Waals surface area contributed by atoms with Crippen molar-refractivity contribution in [2.75, 3.05) is 16.4 Å². The second-order valence-electron chi connectivity index (χ2n) is 5.98. The predicted octanol–water partition coefficient (Wildman–Crippen LogP) is 5.12. The van der Waals surface area contributed by atoms with Gasteiger partial charge in [-0.15, -0.1) is 0 Å². The van der Waals surface area contributed by atoms with Gasteiger partial charge in [0.15, 0.2) is 5.82 Å². The zero-order chi connectivity index (χ0) is 18.0. The molecule has 6 heteroatoms. The van der Waals surface area contributed by atoms with E-state index < -0.39 is 0 Å². The first-order valence-electron chi connectivity index (χ1n) is 7.94. The Morgan fingerprint density at radius 2 is 1.56 bits per heavy atom. The van der Waals surface area contributed by atoms with Gasteiger partial charge in [-0.1, -0.05) is 47.5 Å². The van der Waals surface area contributed by atoms with Gasteiger partial charge in [-0.05, 0) is 44.0 Å². The molecule has 5 nitrogen and oxygen atoms in total. The minimum Gasteiger partial charge on any atom is -0.382 e. The molecular weight excluding hydrogens is 334 g/mol. The Kier molecular flexibility index (Phi) is 4.76. The Morgan fingerprint density at radius 3 is 2.20 bits per heavy atom. The smallest absolute Gasteiger partial charge is 0.231 e. The normalized spacial score (nSPS) is 10.6. The number of aromatic nitrogens is 2. The van der Waals surface area contributed by atoms with E-state index >= 15 is 0 Å². The highest BCUT2D eigenvalue weighted by Crippen LogP contribution is 2.32. The molecule has 0 radical (unpaired) electrons. The topological polar surface area (TPSA) is 75.9 Å². The van der Waals surface area contributed by atoms with Gasteiger partial charge in [0.05, 0.1) is 0 Å². The van der Waals surface area contributed by atoms with Crippen molar-refractivity contribution in [2.45, 2.75) is 20.8 Å². The molecule has 4 N–H and O–H groups in total. The molecule has 1 aromatic heterocycles. The van der Waals surface area contributed by atoms with Crippen molar-refractivity contribution in [2.24, 2.45) is 0 Å². The summed E-state index contributed by atoms with van der Waals surface area (Å²) in [5, 5.41) is 6.74. The minimum atomic E-state index is 0.222. The fourth-order valence-electron chi connectivity index (χ4n) is 2.75. The second kappa shape index (κ2) is 6.99. The summed E-state index contributed by atoms with van der Waals surface area (Å²) in [6, 6.07) is 13.9. The van der Waals surface area contributed by atoms with Crippen LogP contribution in [0.4, 0.5) is 29.0 Å². The van der Waals surface area contributed by atoms with E-state index in [1.165, 1.54) is 5.56 Å². The number of nitrogens with zero attached hydrogens (tertiary/aromatic N) is 2. The van der Waals surface area contributed by atoms with Crippen LogP contribution in [0.25, 0.3) is 0 Å². The van der Waals surface area contributed by atoms with E-state index in [1.54, 1.807) is 0 Å². The molecule has 1 heterocycles. The molecule has 0 saturated carbocycles. The van der Waals surface area contributed by atoms with Gasteiger partial charge in [0.1, 0.15) is 10.8 Å². The van der Waals surface area contributed by atoms with E-state index in [4.69, 9.17) is 17.3 Å². The molecule has 0 saturated heterocycles. The van der Waals surface area contributed by atoms with Crippen molar-refractivity contribution in [3.8, 4) is 0 Å². The number of nitrogens with two attached hydrogens (primary N) is 1. The fraction of sp³-hybridized carbons (Fsp3) is 0.158. The Labute approximate surface area is 152 Å². The number of hydrogen-bond acceptors (Lipinski definition) is 5. The van der Waals surface area contributed by atoms with Crippen LogP contribution in [0.1, 0.15) is 16.7 Å². The van der Waals surface area contributed by atoms with Gasteiger partial charge in [-0.25, -0.2) is 0 Å². The van der Waals surface area contributed by atoms with Crippen molar-refractivity contribution in [3.63, 3.8) is 0 Å². The summed E-state index contributed by atoms with van der Waals surface area (Å²) in [5.41, 5.74) is 11.2. The van der Waals surface area contributed by atoms with E-state index in [-0.39, 0.29) is 5.82 Å². The molecule has 0 aliphatic carbocycles. The van der Waals surface area contributed by atoms with Crippen LogP contribution in [0.3, 0.4) is 0 Å². The zero-order valence-corrected chi connectivity index (χ0v) is 15.1. The number of nitrogens with one attached hydrogen (secondary N) is 2. The number of hydrogen-bond donors (Lipinski definition) is 3. The van der Waals surface area contributed by atoms with Crippen LogP contribution in [0.5, 0.6) is 0 Å². The SMILES string of the molecule is Cc1cc(C)c(Nc2nc(Nc3ccccc3)nc(N)c2Cl)c(C)c1. The number of nitrogen functional groups attached to an aromatic ring is 1. The molecule has 3 aromatic rings. The molecule has 3 rings (SSSR count). The van der Waals surface area contributed by atoms with Crippen molar-refractivity contribution in [1.82, 2.24) is 9.97 Å². The largest absolute Gasteiger partial charge is 0.382 e. The molecule has 128 valence electrons. The van der Waals surface area contributed by atoms with E-state index in [0.29, 0.717) is 16.8 Å². The maximum Gasteiger partial charge on any atom is 0.231 e. The maximum absolute atomic E-state index is 6.31. The number of anilines is 5. The summed E-state index contributed by atoms with van der Waals surface area (Å²) >= 11 is 6.31. The zero-order valence-electron chi connectivity index (χ0n) is 14.4. The molecule has 0 unspecified atom stereocenters. The monoisotopic (exact) mass is 353 g/mol. The number of aryl methyl sites for hydroxylation is 3. The summed E-state index contributed by atoms with van der Waals surface area (Å²) in [6.45, 7) is 6.16. The van der Waals surface area contributed by atoms with Gasteiger partial charge < -0.3 is 16.4 Å². The van der Waals surface area contributed by atoms with Crippen LogP contribution >= 0.6 is 11.6 Å². The van der Waals surface area contributed by atoms with E-state index in [1.807, 2.05) is 44.2 Å². The highest BCUT2D eigenvalue weighted by Gasteiger charge is 2.13. The maximum atomic E-state index is 6.31. The minimum absolute atomic E-state index is 0.222. The van der Waals surface area contributed by atoms with Gasteiger partial charge in [0.2, 0.25) is 5.95 Å². The van der Waals surface area contributed by atoms with Gasteiger partial charge in [-0.2, -0.15) is 9.97 Å². The van der Waals surface area contributed by atoms with Gasteiger partial charge >= 0.3 is 0 Å². The summed E-state index contributed by atoms with van der Waals surface area (Å²) in [5.74, 6) is 1.08. The third kappa shape index (κ3) is 3.83. The van der Waals surface area contributed by atoms with Crippen LogP contribution in [0.2, 0.25) is 5.02 Å². The summed E-state index contributed by atoms with van der Waals surface area (Å²) in [7, 11) is 0. The predicted molar refractivity (Wildman–Crippen MR) is 105 cm³/mol. The average molecular weight is 354 g/mol. The lowest BCUT2D eigenvalue weighted by atomic mass is 10.1. The summed E-state index contributed by atoms with van der Waals surface area (Å²) < 4.78 is 0. The molecule has 0 amide bonds. The quantitative estimate of drug-likeness (QED) is 0.606.